The van der Waals surface area contributed by atoms with Gasteiger partial charge in [0.15, 0.2) is 0 Å². The molecule has 0 radical (unpaired) electrons. The molecule has 0 atom stereocenters. The van der Waals surface area contributed by atoms with Crippen LogP contribution in [0.1, 0.15) is 63.4 Å². The van der Waals surface area contributed by atoms with Crippen molar-refractivity contribution in [3.63, 3.8) is 0 Å². The molecule has 1 aromatic carbocycles. The molecule has 2 nitrogen and oxygen atoms in total. The molecular formula is C18H24O2. The van der Waals surface area contributed by atoms with Crippen LogP contribution < -0.4 is 0 Å². The Kier molecular flexibility index (Phi) is 3.57. The second kappa shape index (κ2) is 5.23. The lowest BCUT2D eigenvalue weighted by molar-refractivity contribution is -0.146. The number of rotatable bonds is 2. The molecule has 2 heteroatoms. The molecule has 2 saturated carbocycles. The minimum Gasteiger partial charge on any atom is -0.481 e. The van der Waals surface area contributed by atoms with Gasteiger partial charge in [0.2, 0.25) is 0 Å². The number of carboxylic acid groups (broad SMARTS) is 1. The third kappa shape index (κ3) is 2.25. The second-order valence-electron chi connectivity index (χ2n) is 6.81. The predicted octanol–water partition coefficient (Wildman–Crippen LogP) is 4.53. The van der Waals surface area contributed by atoms with E-state index in [1.54, 1.807) is 0 Å². The number of benzene rings is 1. The van der Waals surface area contributed by atoms with Crippen LogP contribution in [0.3, 0.4) is 0 Å². The van der Waals surface area contributed by atoms with Gasteiger partial charge in [-0.3, -0.25) is 4.79 Å². The van der Waals surface area contributed by atoms with E-state index >= 15 is 0 Å². The number of carbonyl (C=O) groups is 1. The molecule has 20 heavy (non-hydrogen) atoms. The van der Waals surface area contributed by atoms with Crippen LogP contribution in [0.25, 0.3) is 0 Å². The van der Waals surface area contributed by atoms with Crippen LogP contribution in [0.4, 0.5) is 0 Å². The summed E-state index contributed by atoms with van der Waals surface area (Å²) in [5, 5.41) is 9.83. The van der Waals surface area contributed by atoms with Crippen molar-refractivity contribution in [2.45, 2.75) is 63.2 Å². The van der Waals surface area contributed by atoms with E-state index in [0.29, 0.717) is 5.41 Å². The van der Waals surface area contributed by atoms with Crippen molar-refractivity contribution in [1.29, 1.82) is 0 Å². The minimum absolute atomic E-state index is 0.464. The lowest BCUT2D eigenvalue weighted by Crippen LogP contribution is -2.43. The zero-order valence-electron chi connectivity index (χ0n) is 12.1. The van der Waals surface area contributed by atoms with Crippen molar-refractivity contribution in [2.24, 2.45) is 5.41 Å². The molecule has 0 amide bonds. The Morgan fingerprint density at radius 1 is 0.850 bits per heavy atom. The van der Waals surface area contributed by atoms with Gasteiger partial charge in [-0.1, -0.05) is 49.6 Å². The van der Waals surface area contributed by atoms with Gasteiger partial charge in [-0.2, -0.15) is 0 Å². The third-order valence-electron chi connectivity index (χ3n) is 5.81. The highest BCUT2D eigenvalue weighted by Crippen LogP contribution is 2.53. The fourth-order valence-electron chi connectivity index (χ4n) is 4.39. The molecule has 1 aromatic rings. The van der Waals surface area contributed by atoms with Crippen molar-refractivity contribution >= 4 is 5.97 Å². The molecule has 2 aliphatic carbocycles. The van der Waals surface area contributed by atoms with Gasteiger partial charge in [0, 0.05) is 0 Å². The lowest BCUT2D eigenvalue weighted by Gasteiger charge is -2.46. The van der Waals surface area contributed by atoms with Crippen molar-refractivity contribution in [1.82, 2.24) is 0 Å². The van der Waals surface area contributed by atoms with Crippen LogP contribution in [-0.4, -0.2) is 11.1 Å². The van der Waals surface area contributed by atoms with E-state index in [4.69, 9.17) is 0 Å². The molecule has 0 unspecified atom stereocenters. The molecule has 0 aromatic heterocycles. The first-order valence-electron chi connectivity index (χ1n) is 7.96. The van der Waals surface area contributed by atoms with Crippen molar-refractivity contribution in [3.05, 3.63) is 35.9 Å². The Morgan fingerprint density at radius 3 is 2.00 bits per heavy atom. The van der Waals surface area contributed by atoms with Crippen LogP contribution in [-0.2, 0) is 10.2 Å². The molecular weight excluding hydrogens is 248 g/mol. The van der Waals surface area contributed by atoms with Gasteiger partial charge >= 0.3 is 5.97 Å². The van der Waals surface area contributed by atoms with E-state index in [1.165, 1.54) is 32.1 Å². The Morgan fingerprint density at radius 2 is 1.45 bits per heavy atom. The number of hydrogen-bond acceptors (Lipinski definition) is 1. The van der Waals surface area contributed by atoms with E-state index in [1.807, 2.05) is 30.3 Å². The van der Waals surface area contributed by atoms with E-state index < -0.39 is 11.4 Å². The second-order valence-corrected chi connectivity index (χ2v) is 6.81. The Hall–Kier alpha value is -1.31. The Bertz CT molecular complexity index is 461. The summed E-state index contributed by atoms with van der Waals surface area (Å²) in [6, 6.07) is 9.88. The highest BCUT2D eigenvalue weighted by Gasteiger charge is 2.48. The Balaban J connectivity index is 1.83. The van der Waals surface area contributed by atoms with Gasteiger partial charge in [0.25, 0.3) is 0 Å². The Labute approximate surface area is 121 Å². The molecule has 0 bridgehead atoms. The van der Waals surface area contributed by atoms with Gasteiger partial charge in [0.1, 0.15) is 0 Å². The van der Waals surface area contributed by atoms with E-state index in [0.717, 1.165) is 31.2 Å². The summed E-state index contributed by atoms with van der Waals surface area (Å²) in [4.78, 5) is 11.9. The number of hydrogen-bond donors (Lipinski definition) is 1. The topological polar surface area (TPSA) is 37.3 Å². The van der Waals surface area contributed by atoms with E-state index in [-0.39, 0.29) is 0 Å². The summed E-state index contributed by atoms with van der Waals surface area (Å²) >= 11 is 0. The van der Waals surface area contributed by atoms with Gasteiger partial charge in [0.05, 0.1) is 5.41 Å². The summed E-state index contributed by atoms with van der Waals surface area (Å²) in [5.74, 6) is -0.630. The molecule has 1 spiro atoms. The minimum atomic E-state index is -0.635. The first-order valence-corrected chi connectivity index (χ1v) is 7.96. The summed E-state index contributed by atoms with van der Waals surface area (Å²) in [6.07, 6.45) is 10.5. The van der Waals surface area contributed by atoms with Crippen LogP contribution in [0, 0.1) is 5.41 Å². The first kappa shape index (κ1) is 13.7. The quantitative estimate of drug-likeness (QED) is 0.858. The molecule has 2 aliphatic rings. The fraction of sp³-hybridized carbons (Fsp3) is 0.611. The summed E-state index contributed by atoms with van der Waals surface area (Å²) < 4.78 is 0. The van der Waals surface area contributed by atoms with Gasteiger partial charge in [-0.25, -0.2) is 0 Å². The zero-order chi connectivity index (χ0) is 14.1. The standard InChI is InChI=1S/C18H24O2/c19-16(20)18(15-7-3-1-4-8-15)13-11-17(12-14-18)9-5-2-6-10-17/h1,3-4,7-8H,2,5-6,9-14H2,(H,19,20). The van der Waals surface area contributed by atoms with Gasteiger partial charge in [-0.05, 0) is 49.5 Å². The average molecular weight is 272 g/mol. The normalized spacial score (nSPS) is 24.4. The smallest absolute Gasteiger partial charge is 0.314 e. The van der Waals surface area contributed by atoms with Crippen molar-refractivity contribution < 1.29 is 9.90 Å². The van der Waals surface area contributed by atoms with Crippen LogP contribution in [0.2, 0.25) is 0 Å². The van der Waals surface area contributed by atoms with Gasteiger partial charge in [-0.15, -0.1) is 0 Å². The zero-order valence-corrected chi connectivity index (χ0v) is 12.1. The van der Waals surface area contributed by atoms with E-state index in [9.17, 15) is 9.90 Å². The monoisotopic (exact) mass is 272 g/mol. The maximum absolute atomic E-state index is 11.9. The summed E-state index contributed by atoms with van der Waals surface area (Å²) in [5.41, 5.74) is 0.828. The molecule has 0 saturated heterocycles. The SMILES string of the molecule is O=C(O)C1(c2ccccc2)CCC2(CCCCC2)CC1. The summed E-state index contributed by atoms with van der Waals surface area (Å²) in [7, 11) is 0. The third-order valence-corrected chi connectivity index (χ3v) is 5.81. The molecule has 0 aliphatic heterocycles. The van der Waals surface area contributed by atoms with Crippen LogP contribution >= 0.6 is 0 Å². The molecule has 108 valence electrons. The van der Waals surface area contributed by atoms with Crippen molar-refractivity contribution in [3.8, 4) is 0 Å². The van der Waals surface area contributed by atoms with Crippen LogP contribution in [0.5, 0.6) is 0 Å². The van der Waals surface area contributed by atoms with Gasteiger partial charge < -0.3 is 5.11 Å². The average Bonchev–Trinajstić information content (AvgIpc) is 2.50. The highest BCUT2D eigenvalue weighted by atomic mass is 16.4. The first-order chi connectivity index (χ1) is 9.67. The lowest BCUT2D eigenvalue weighted by atomic mass is 9.57. The number of aliphatic carboxylic acids is 1. The largest absolute Gasteiger partial charge is 0.481 e. The van der Waals surface area contributed by atoms with Crippen molar-refractivity contribution in [2.75, 3.05) is 0 Å². The van der Waals surface area contributed by atoms with E-state index in [2.05, 4.69) is 0 Å². The fourth-order valence-corrected chi connectivity index (χ4v) is 4.39. The molecule has 2 fully saturated rings. The molecule has 0 heterocycles. The predicted molar refractivity (Wildman–Crippen MR) is 79.7 cm³/mol. The summed E-state index contributed by atoms with van der Waals surface area (Å²) in [6.45, 7) is 0. The highest BCUT2D eigenvalue weighted by molar-refractivity contribution is 5.81. The number of carboxylic acids is 1. The molecule has 3 rings (SSSR count). The van der Waals surface area contributed by atoms with Crippen LogP contribution in [0.15, 0.2) is 30.3 Å². The maximum atomic E-state index is 11.9. The molecule has 1 N–H and O–H groups in total. The maximum Gasteiger partial charge on any atom is 0.314 e.